The highest BCUT2D eigenvalue weighted by Gasteiger charge is 2.25. The summed E-state index contributed by atoms with van der Waals surface area (Å²) in [5.74, 6) is -0.372. The highest BCUT2D eigenvalue weighted by atomic mass is 16.5. The second kappa shape index (κ2) is 9.85. The summed E-state index contributed by atoms with van der Waals surface area (Å²) in [4.78, 5) is 19.3. The molecule has 6 heteroatoms. The van der Waals surface area contributed by atoms with Crippen LogP contribution in [0.2, 0.25) is 0 Å². The van der Waals surface area contributed by atoms with Crippen molar-refractivity contribution in [1.82, 2.24) is 14.5 Å². The first-order valence-corrected chi connectivity index (χ1v) is 10.4. The molecule has 3 heterocycles. The van der Waals surface area contributed by atoms with E-state index in [-0.39, 0.29) is 5.91 Å². The third-order valence-electron chi connectivity index (χ3n) is 5.53. The van der Waals surface area contributed by atoms with Crippen LogP contribution in [0.3, 0.4) is 0 Å². The van der Waals surface area contributed by atoms with Crippen molar-refractivity contribution in [1.29, 1.82) is 0 Å². The number of pyridine rings is 1. The lowest BCUT2D eigenvalue weighted by molar-refractivity contribution is 0.0369. The number of primary amides is 1. The molecule has 0 spiro atoms. The molecule has 28 heavy (non-hydrogen) atoms. The first kappa shape index (κ1) is 20.6. The first-order valence-electron chi connectivity index (χ1n) is 10.4. The van der Waals surface area contributed by atoms with E-state index in [9.17, 15) is 4.79 Å². The van der Waals surface area contributed by atoms with Crippen LogP contribution < -0.4 is 5.73 Å². The topological polar surface area (TPSA) is 73.4 Å². The van der Waals surface area contributed by atoms with Crippen LogP contribution in [0, 0.1) is 6.92 Å². The van der Waals surface area contributed by atoms with Crippen LogP contribution in [0.4, 0.5) is 0 Å². The lowest BCUT2D eigenvalue weighted by atomic mass is 10.0. The van der Waals surface area contributed by atoms with E-state index in [1.807, 2.05) is 25.1 Å². The van der Waals surface area contributed by atoms with E-state index in [2.05, 4.69) is 21.4 Å². The number of hydrogen-bond donors (Lipinski definition) is 1. The summed E-state index contributed by atoms with van der Waals surface area (Å²) in [5, 5.41) is 0. The molecule has 152 valence electrons. The molecule has 0 unspecified atom stereocenters. The number of nitrogens with two attached hydrogens (primary N) is 1. The third kappa shape index (κ3) is 4.62. The van der Waals surface area contributed by atoms with Crippen molar-refractivity contribution in [2.75, 3.05) is 32.8 Å². The SMILES string of the molecule is CCCCc1c(-c2ccccn2)c(C(N)=O)c(C)n1CCCN1CCOCC1. The maximum absolute atomic E-state index is 12.3. The zero-order valence-electron chi connectivity index (χ0n) is 17.1. The largest absolute Gasteiger partial charge is 0.379 e. The van der Waals surface area contributed by atoms with Crippen LogP contribution >= 0.6 is 0 Å². The Morgan fingerprint density at radius 2 is 2.00 bits per heavy atom. The van der Waals surface area contributed by atoms with Gasteiger partial charge in [0, 0.05) is 49.3 Å². The van der Waals surface area contributed by atoms with Gasteiger partial charge in [-0.1, -0.05) is 19.4 Å². The monoisotopic (exact) mass is 384 g/mol. The highest BCUT2D eigenvalue weighted by molar-refractivity contribution is 6.01. The highest BCUT2D eigenvalue weighted by Crippen LogP contribution is 2.33. The number of morpholine rings is 1. The van der Waals surface area contributed by atoms with E-state index in [0.29, 0.717) is 5.56 Å². The second-order valence-electron chi connectivity index (χ2n) is 7.42. The summed E-state index contributed by atoms with van der Waals surface area (Å²) < 4.78 is 7.74. The van der Waals surface area contributed by atoms with Crippen LogP contribution in [0.15, 0.2) is 24.4 Å². The van der Waals surface area contributed by atoms with Crippen molar-refractivity contribution >= 4 is 5.91 Å². The number of carbonyl (C=O) groups is 1. The molecule has 0 bridgehead atoms. The minimum Gasteiger partial charge on any atom is -0.379 e. The molecule has 1 fully saturated rings. The van der Waals surface area contributed by atoms with E-state index in [0.717, 1.165) is 82.0 Å². The quantitative estimate of drug-likeness (QED) is 0.721. The van der Waals surface area contributed by atoms with E-state index in [1.165, 1.54) is 5.69 Å². The molecule has 0 aromatic carbocycles. The molecule has 3 rings (SSSR count). The molecular weight excluding hydrogens is 352 g/mol. The van der Waals surface area contributed by atoms with Gasteiger partial charge in [0.25, 0.3) is 5.91 Å². The third-order valence-corrected chi connectivity index (χ3v) is 5.53. The summed E-state index contributed by atoms with van der Waals surface area (Å²) in [6.45, 7) is 9.76. The molecule has 2 N–H and O–H groups in total. The minimum atomic E-state index is -0.372. The Morgan fingerprint density at radius 3 is 2.64 bits per heavy atom. The molecule has 2 aromatic heterocycles. The van der Waals surface area contributed by atoms with E-state index >= 15 is 0 Å². The Bertz CT molecular complexity index is 780. The van der Waals surface area contributed by atoms with Crippen molar-refractivity contribution in [3.05, 3.63) is 41.3 Å². The molecule has 1 saturated heterocycles. The summed E-state index contributed by atoms with van der Waals surface area (Å²) in [6.07, 6.45) is 5.91. The Morgan fingerprint density at radius 1 is 1.21 bits per heavy atom. The van der Waals surface area contributed by atoms with Gasteiger partial charge >= 0.3 is 0 Å². The molecule has 0 radical (unpaired) electrons. The fourth-order valence-electron chi connectivity index (χ4n) is 4.07. The molecule has 2 aromatic rings. The Hall–Kier alpha value is -2.18. The van der Waals surface area contributed by atoms with Crippen molar-refractivity contribution in [2.24, 2.45) is 5.73 Å². The van der Waals surface area contributed by atoms with Gasteiger partial charge in [0.2, 0.25) is 0 Å². The first-order chi connectivity index (χ1) is 13.6. The zero-order valence-corrected chi connectivity index (χ0v) is 17.1. The number of aromatic nitrogens is 2. The van der Waals surface area contributed by atoms with Crippen molar-refractivity contribution in [3.63, 3.8) is 0 Å². The van der Waals surface area contributed by atoms with Crippen LogP contribution in [0.1, 0.15) is 47.9 Å². The number of amides is 1. The van der Waals surface area contributed by atoms with Crippen LogP contribution in [-0.2, 0) is 17.7 Å². The van der Waals surface area contributed by atoms with Crippen LogP contribution in [-0.4, -0.2) is 53.2 Å². The lowest BCUT2D eigenvalue weighted by Crippen LogP contribution is -2.37. The normalized spacial score (nSPS) is 15.1. The fourth-order valence-corrected chi connectivity index (χ4v) is 4.07. The van der Waals surface area contributed by atoms with Gasteiger partial charge in [0.1, 0.15) is 0 Å². The summed E-state index contributed by atoms with van der Waals surface area (Å²) in [5.41, 5.74) is 10.3. The lowest BCUT2D eigenvalue weighted by Gasteiger charge is -2.26. The summed E-state index contributed by atoms with van der Waals surface area (Å²) in [6, 6.07) is 5.82. The molecule has 0 atom stereocenters. The molecule has 1 aliphatic rings. The smallest absolute Gasteiger partial charge is 0.251 e. The standard InChI is InChI=1S/C22H32N4O2/c1-3-4-9-19-21(18-8-5-6-10-24-18)20(22(23)27)17(2)26(19)12-7-11-25-13-15-28-16-14-25/h5-6,8,10H,3-4,7,9,11-16H2,1-2H3,(H2,23,27). The minimum absolute atomic E-state index is 0.372. The van der Waals surface area contributed by atoms with E-state index < -0.39 is 0 Å². The van der Waals surface area contributed by atoms with E-state index in [1.54, 1.807) is 6.20 Å². The number of unbranched alkanes of at least 4 members (excludes halogenated alkanes) is 1. The number of nitrogens with zero attached hydrogens (tertiary/aromatic N) is 3. The number of carbonyl (C=O) groups excluding carboxylic acids is 1. The molecule has 1 amide bonds. The van der Waals surface area contributed by atoms with Crippen molar-refractivity contribution in [2.45, 2.75) is 46.1 Å². The average molecular weight is 385 g/mol. The molecule has 6 nitrogen and oxygen atoms in total. The van der Waals surface area contributed by atoms with Crippen molar-refractivity contribution in [3.8, 4) is 11.3 Å². The Kier molecular flexibility index (Phi) is 7.23. The van der Waals surface area contributed by atoms with Gasteiger partial charge in [-0.15, -0.1) is 0 Å². The Labute approximate surface area is 167 Å². The van der Waals surface area contributed by atoms with E-state index in [4.69, 9.17) is 10.5 Å². The van der Waals surface area contributed by atoms with Gasteiger partial charge in [0.15, 0.2) is 0 Å². The van der Waals surface area contributed by atoms with Gasteiger partial charge < -0.3 is 15.0 Å². The van der Waals surface area contributed by atoms with Crippen LogP contribution in [0.25, 0.3) is 11.3 Å². The van der Waals surface area contributed by atoms with Crippen molar-refractivity contribution < 1.29 is 9.53 Å². The average Bonchev–Trinajstić information content (AvgIpc) is 3.00. The summed E-state index contributed by atoms with van der Waals surface area (Å²) in [7, 11) is 0. The van der Waals surface area contributed by atoms with Gasteiger partial charge in [0.05, 0.1) is 24.5 Å². The number of rotatable bonds is 9. The fraction of sp³-hybridized carbons (Fsp3) is 0.545. The number of ether oxygens (including phenoxy) is 1. The Balaban J connectivity index is 1.92. The zero-order chi connectivity index (χ0) is 19.9. The summed E-state index contributed by atoms with van der Waals surface area (Å²) >= 11 is 0. The maximum Gasteiger partial charge on any atom is 0.251 e. The number of hydrogen-bond acceptors (Lipinski definition) is 4. The molecular formula is C22H32N4O2. The predicted octanol–water partition coefficient (Wildman–Crippen LogP) is 3.02. The molecule has 1 aliphatic heterocycles. The van der Waals surface area contributed by atoms with Gasteiger partial charge in [-0.05, 0) is 38.3 Å². The van der Waals surface area contributed by atoms with Gasteiger partial charge in [-0.2, -0.15) is 0 Å². The second-order valence-corrected chi connectivity index (χ2v) is 7.42. The molecule has 0 aliphatic carbocycles. The van der Waals surface area contributed by atoms with Crippen LogP contribution in [0.5, 0.6) is 0 Å². The van der Waals surface area contributed by atoms with Gasteiger partial charge in [-0.25, -0.2) is 0 Å². The predicted molar refractivity (Wildman–Crippen MR) is 111 cm³/mol. The molecule has 0 saturated carbocycles. The maximum atomic E-state index is 12.3. The van der Waals surface area contributed by atoms with Gasteiger partial charge in [-0.3, -0.25) is 14.7 Å².